The number of hydrogen-bond donors (Lipinski definition) is 2. The molecule has 0 bridgehead atoms. The summed E-state index contributed by atoms with van der Waals surface area (Å²) in [6.45, 7) is 5.32. The minimum Gasteiger partial charge on any atom is -0.370 e. The van der Waals surface area contributed by atoms with E-state index in [1.807, 2.05) is 19.1 Å². The fourth-order valence-corrected chi connectivity index (χ4v) is 1.89. The zero-order valence-electron chi connectivity index (χ0n) is 11.9. The normalized spacial score (nSPS) is 11.6. The molecule has 2 rings (SSSR count). The van der Waals surface area contributed by atoms with Crippen molar-refractivity contribution in [3.05, 3.63) is 42.0 Å². The van der Waals surface area contributed by atoms with E-state index in [0.29, 0.717) is 12.5 Å². The molecule has 0 radical (unpaired) electrons. The molecule has 6 nitrogen and oxygen atoms in total. The van der Waals surface area contributed by atoms with E-state index in [2.05, 4.69) is 39.4 Å². The number of nitrogens with one attached hydrogen (secondary N) is 1. The van der Waals surface area contributed by atoms with Crippen LogP contribution in [0.1, 0.15) is 25.2 Å². The highest BCUT2D eigenvalue weighted by Crippen LogP contribution is 2.10. The summed E-state index contributed by atoms with van der Waals surface area (Å²) in [5, 5.41) is 7.18. The summed E-state index contributed by atoms with van der Waals surface area (Å²) in [7, 11) is 0. The van der Waals surface area contributed by atoms with Crippen LogP contribution in [0.25, 0.3) is 0 Å². The van der Waals surface area contributed by atoms with Gasteiger partial charge in [-0.3, -0.25) is 0 Å². The monoisotopic (exact) mass is 272 g/mol. The number of anilines is 1. The molecule has 2 aromatic rings. The zero-order valence-corrected chi connectivity index (χ0v) is 11.9. The van der Waals surface area contributed by atoms with Crippen molar-refractivity contribution in [3.8, 4) is 0 Å². The Morgan fingerprint density at radius 1 is 1.40 bits per heavy atom. The molecule has 0 spiro atoms. The quantitative estimate of drug-likeness (QED) is 0.642. The lowest BCUT2D eigenvalue weighted by Gasteiger charge is -2.07. The topological polar surface area (TPSA) is 81.1 Å². The van der Waals surface area contributed by atoms with Gasteiger partial charge in [0.15, 0.2) is 5.96 Å². The Balaban J connectivity index is 2.00. The van der Waals surface area contributed by atoms with Crippen LogP contribution < -0.4 is 11.1 Å². The van der Waals surface area contributed by atoms with Crippen LogP contribution in [0.5, 0.6) is 0 Å². The van der Waals surface area contributed by atoms with Crippen LogP contribution >= 0.6 is 0 Å². The SMILES string of the molecule is CCc1cccc(NC(N)=NCc2ncnn2CC)c1. The summed E-state index contributed by atoms with van der Waals surface area (Å²) < 4.78 is 1.80. The smallest absolute Gasteiger partial charge is 0.193 e. The third-order valence-corrected chi connectivity index (χ3v) is 2.99. The third kappa shape index (κ3) is 3.57. The van der Waals surface area contributed by atoms with Crippen LogP contribution in [0, 0.1) is 0 Å². The predicted octanol–water partition coefficient (Wildman–Crippen LogP) is 1.79. The van der Waals surface area contributed by atoms with Crippen LogP contribution in [-0.2, 0) is 19.5 Å². The molecule has 1 heterocycles. The second-order valence-electron chi connectivity index (χ2n) is 4.37. The predicted molar refractivity (Wildman–Crippen MR) is 80.5 cm³/mol. The fourth-order valence-electron chi connectivity index (χ4n) is 1.89. The van der Waals surface area contributed by atoms with E-state index in [9.17, 15) is 0 Å². The molecule has 0 unspecified atom stereocenters. The summed E-state index contributed by atoms with van der Waals surface area (Å²) in [4.78, 5) is 8.44. The summed E-state index contributed by atoms with van der Waals surface area (Å²) in [6.07, 6.45) is 2.52. The van der Waals surface area contributed by atoms with Crippen LogP contribution in [0.3, 0.4) is 0 Å². The van der Waals surface area contributed by atoms with Crippen LogP contribution in [-0.4, -0.2) is 20.7 Å². The Bertz CT molecular complexity index is 587. The lowest BCUT2D eigenvalue weighted by atomic mass is 10.1. The van der Waals surface area contributed by atoms with Gasteiger partial charge in [-0.2, -0.15) is 5.10 Å². The molecule has 0 aliphatic carbocycles. The highest BCUT2D eigenvalue weighted by molar-refractivity contribution is 5.92. The van der Waals surface area contributed by atoms with Crippen LogP contribution in [0.2, 0.25) is 0 Å². The first kappa shape index (κ1) is 14.0. The molecule has 0 amide bonds. The second kappa shape index (κ2) is 6.70. The summed E-state index contributed by atoms with van der Waals surface area (Å²) >= 11 is 0. The van der Waals surface area contributed by atoms with Gasteiger partial charge >= 0.3 is 0 Å². The average molecular weight is 272 g/mol. The maximum Gasteiger partial charge on any atom is 0.193 e. The number of hydrogen-bond acceptors (Lipinski definition) is 3. The number of nitrogens with zero attached hydrogens (tertiary/aromatic N) is 4. The van der Waals surface area contributed by atoms with Gasteiger partial charge in [0.1, 0.15) is 18.7 Å². The van der Waals surface area contributed by atoms with Crippen molar-refractivity contribution in [2.45, 2.75) is 33.4 Å². The number of benzene rings is 1. The van der Waals surface area contributed by atoms with Crippen molar-refractivity contribution >= 4 is 11.6 Å². The van der Waals surface area contributed by atoms with Gasteiger partial charge in [0, 0.05) is 12.2 Å². The standard InChI is InChI=1S/C14H20N6/c1-3-11-6-5-7-12(8-11)19-14(15)16-9-13-17-10-18-20(13)4-2/h5-8,10H,3-4,9H2,1-2H3,(H3,15,16,19). The first-order chi connectivity index (χ1) is 9.72. The molecule has 0 aliphatic heterocycles. The van der Waals surface area contributed by atoms with Gasteiger partial charge in [0.05, 0.1) is 0 Å². The van der Waals surface area contributed by atoms with Crippen LogP contribution in [0.15, 0.2) is 35.6 Å². The van der Waals surface area contributed by atoms with Gasteiger partial charge in [-0.1, -0.05) is 19.1 Å². The van der Waals surface area contributed by atoms with E-state index in [4.69, 9.17) is 5.73 Å². The lowest BCUT2D eigenvalue weighted by Crippen LogP contribution is -2.23. The molecule has 0 saturated heterocycles. The minimum atomic E-state index is 0.379. The Kier molecular flexibility index (Phi) is 4.70. The number of rotatable bonds is 5. The molecule has 106 valence electrons. The van der Waals surface area contributed by atoms with Gasteiger partial charge in [-0.15, -0.1) is 0 Å². The van der Waals surface area contributed by atoms with Crippen molar-refractivity contribution in [1.29, 1.82) is 0 Å². The van der Waals surface area contributed by atoms with Crippen molar-refractivity contribution < 1.29 is 0 Å². The maximum absolute atomic E-state index is 5.89. The van der Waals surface area contributed by atoms with Crippen molar-refractivity contribution in [2.24, 2.45) is 10.7 Å². The van der Waals surface area contributed by atoms with E-state index in [1.54, 1.807) is 4.68 Å². The molecule has 0 saturated carbocycles. The van der Waals surface area contributed by atoms with E-state index in [-0.39, 0.29) is 0 Å². The first-order valence-electron chi connectivity index (χ1n) is 6.75. The molecule has 0 aliphatic rings. The third-order valence-electron chi connectivity index (χ3n) is 2.99. The highest BCUT2D eigenvalue weighted by Gasteiger charge is 2.02. The maximum atomic E-state index is 5.89. The average Bonchev–Trinajstić information content (AvgIpc) is 2.93. The summed E-state index contributed by atoms with van der Waals surface area (Å²) in [6, 6.07) is 8.12. The number of aryl methyl sites for hydroxylation is 2. The van der Waals surface area contributed by atoms with Gasteiger partial charge < -0.3 is 11.1 Å². The van der Waals surface area contributed by atoms with E-state index >= 15 is 0 Å². The Morgan fingerprint density at radius 3 is 3.00 bits per heavy atom. The van der Waals surface area contributed by atoms with Gasteiger partial charge in [-0.05, 0) is 31.0 Å². The Morgan fingerprint density at radius 2 is 2.25 bits per heavy atom. The first-order valence-corrected chi connectivity index (χ1v) is 6.75. The molecule has 0 fully saturated rings. The Hall–Kier alpha value is -2.37. The fraction of sp³-hybridized carbons (Fsp3) is 0.357. The summed E-state index contributed by atoms with van der Waals surface area (Å²) in [5.41, 5.74) is 8.09. The molecular formula is C14H20N6. The molecule has 6 heteroatoms. The molecule has 20 heavy (non-hydrogen) atoms. The second-order valence-corrected chi connectivity index (χ2v) is 4.37. The van der Waals surface area contributed by atoms with Gasteiger partial charge in [0.25, 0.3) is 0 Å². The number of aliphatic imine (C=N–C) groups is 1. The molecule has 1 aromatic carbocycles. The minimum absolute atomic E-state index is 0.379. The molecule has 3 N–H and O–H groups in total. The van der Waals surface area contributed by atoms with E-state index in [0.717, 1.165) is 24.5 Å². The number of guanidine groups is 1. The summed E-state index contributed by atoms with van der Waals surface area (Å²) in [5.74, 6) is 1.18. The zero-order chi connectivity index (χ0) is 14.4. The van der Waals surface area contributed by atoms with E-state index in [1.165, 1.54) is 11.9 Å². The van der Waals surface area contributed by atoms with Crippen molar-refractivity contribution in [3.63, 3.8) is 0 Å². The molecule has 0 atom stereocenters. The van der Waals surface area contributed by atoms with E-state index < -0.39 is 0 Å². The van der Waals surface area contributed by atoms with Crippen molar-refractivity contribution in [2.75, 3.05) is 5.32 Å². The Labute approximate surface area is 118 Å². The van der Waals surface area contributed by atoms with Crippen molar-refractivity contribution in [1.82, 2.24) is 14.8 Å². The lowest BCUT2D eigenvalue weighted by molar-refractivity contribution is 0.616. The molecule has 1 aromatic heterocycles. The molecular weight excluding hydrogens is 252 g/mol. The largest absolute Gasteiger partial charge is 0.370 e. The number of aromatic nitrogens is 3. The highest BCUT2D eigenvalue weighted by atomic mass is 15.3. The number of nitrogens with two attached hydrogens (primary N) is 1. The van der Waals surface area contributed by atoms with Gasteiger partial charge in [-0.25, -0.2) is 14.7 Å². The van der Waals surface area contributed by atoms with Gasteiger partial charge in [0.2, 0.25) is 0 Å². The van der Waals surface area contributed by atoms with Crippen LogP contribution in [0.4, 0.5) is 5.69 Å².